The number of aromatic amines is 1. The number of nitrogens with zero attached hydrogens (tertiary/aromatic N) is 2. The van der Waals surface area contributed by atoms with Crippen molar-refractivity contribution in [1.29, 1.82) is 0 Å². The van der Waals surface area contributed by atoms with E-state index in [-0.39, 0.29) is 5.56 Å². The van der Waals surface area contributed by atoms with E-state index in [2.05, 4.69) is 26.3 Å². The minimum atomic E-state index is -0.0403. The largest absolute Gasteiger partial charge is 0.381 e. The third kappa shape index (κ3) is 3.16. The van der Waals surface area contributed by atoms with Crippen LogP contribution in [0.3, 0.4) is 0 Å². The van der Waals surface area contributed by atoms with Gasteiger partial charge in [-0.15, -0.1) is 0 Å². The zero-order chi connectivity index (χ0) is 16.4. The van der Waals surface area contributed by atoms with Crippen LogP contribution >= 0.6 is 0 Å². The Bertz CT molecular complexity index is 891. The highest BCUT2D eigenvalue weighted by atomic mass is 16.1. The van der Waals surface area contributed by atoms with Crippen LogP contribution in [0.1, 0.15) is 12.1 Å². The van der Waals surface area contributed by atoms with Crippen LogP contribution in [-0.2, 0) is 6.54 Å². The van der Waals surface area contributed by atoms with Gasteiger partial charge in [-0.1, -0.05) is 6.07 Å². The first-order valence-electron chi connectivity index (χ1n) is 8.28. The molecule has 3 aromatic rings. The predicted molar refractivity (Wildman–Crippen MR) is 96.1 cm³/mol. The molecular formula is C19H20N4O. The Hall–Kier alpha value is -2.66. The van der Waals surface area contributed by atoms with Crippen LogP contribution < -0.4 is 10.9 Å². The first kappa shape index (κ1) is 14.9. The maximum absolute atomic E-state index is 11.8. The number of rotatable bonds is 4. The Kier molecular flexibility index (Phi) is 4.01. The molecule has 0 saturated carbocycles. The van der Waals surface area contributed by atoms with Crippen molar-refractivity contribution in [1.82, 2.24) is 14.9 Å². The molecule has 1 fully saturated rings. The average molecular weight is 320 g/mol. The molecule has 3 heterocycles. The highest BCUT2D eigenvalue weighted by Gasteiger charge is 2.22. The van der Waals surface area contributed by atoms with Gasteiger partial charge < -0.3 is 10.3 Å². The van der Waals surface area contributed by atoms with Gasteiger partial charge in [0.25, 0.3) is 5.56 Å². The van der Waals surface area contributed by atoms with Crippen molar-refractivity contribution in [2.24, 2.45) is 0 Å². The molecule has 2 aromatic heterocycles. The van der Waals surface area contributed by atoms with Gasteiger partial charge in [0.05, 0.1) is 5.69 Å². The van der Waals surface area contributed by atoms with Crippen LogP contribution in [0, 0.1) is 0 Å². The normalized spacial score (nSPS) is 18.1. The minimum absolute atomic E-state index is 0.0403. The van der Waals surface area contributed by atoms with Crippen molar-refractivity contribution in [2.75, 3.05) is 18.4 Å². The molecule has 5 heteroatoms. The molecule has 1 unspecified atom stereocenters. The number of anilines is 1. The molecule has 1 aliphatic rings. The van der Waals surface area contributed by atoms with E-state index >= 15 is 0 Å². The number of fused-ring (bicyclic) bond motifs is 1. The van der Waals surface area contributed by atoms with Gasteiger partial charge in [-0.05, 0) is 48.2 Å². The van der Waals surface area contributed by atoms with E-state index in [4.69, 9.17) is 0 Å². The van der Waals surface area contributed by atoms with Gasteiger partial charge in [-0.25, -0.2) is 0 Å². The molecule has 0 aliphatic carbocycles. The van der Waals surface area contributed by atoms with E-state index in [0.717, 1.165) is 48.2 Å². The third-order valence-electron chi connectivity index (χ3n) is 4.53. The second-order valence-electron chi connectivity index (χ2n) is 6.29. The summed E-state index contributed by atoms with van der Waals surface area (Å²) in [4.78, 5) is 21.3. The van der Waals surface area contributed by atoms with E-state index in [1.807, 2.05) is 42.6 Å². The summed E-state index contributed by atoms with van der Waals surface area (Å²) in [6, 6.07) is 14.3. The molecule has 0 spiro atoms. The lowest BCUT2D eigenvalue weighted by Crippen LogP contribution is -2.26. The van der Waals surface area contributed by atoms with E-state index < -0.39 is 0 Å². The average Bonchev–Trinajstić information content (AvgIpc) is 3.03. The molecule has 0 radical (unpaired) electrons. The molecule has 1 aliphatic heterocycles. The standard InChI is InChI=1S/C19H20N4O/c24-19-18-5-4-15(11-14(18)6-9-21-19)22-17-7-10-23(13-17)12-16-3-1-2-8-20-16/h1-6,8-9,11,17,22H,7,10,12-13H2,(H,21,24). The fraction of sp³-hybridized carbons (Fsp3) is 0.263. The van der Waals surface area contributed by atoms with Gasteiger partial charge in [0.1, 0.15) is 0 Å². The number of benzene rings is 1. The van der Waals surface area contributed by atoms with Crippen molar-refractivity contribution in [3.63, 3.8) is 0 Å². The van der Waals surface area contributed by atoms with Crippen molar-refractivity contribution < 1.29 is 0 Å². The smallest absolute Gasteiger partial charge is 0.255 e. The van der Waals surface area contributed by atoms with Crippen molar-refractivity contribution in [2.45, 2.75) is 19.0 Å². The summed E-state index contributed by atoms with van der Waals surface area (Å²) in [5.74, 6) is 0. The molecule has 5 nitrogen and oxygen atoms in total. The zero-order valence-corrected chi connectivity index (χ0v) is 13.4. The number of hydrogen-bond donors (Lipinski definition) is 2. The molecule has 1 atom stereocenters. The van der Waals surface area contributed by atoms with Gasteiger partial charge in [-0.3, -0.25) is 14.7 Å². The first-order valence-corrected chi connectivity index (χ1v) is 8.28. The summed E-state index contributed by atoms with van der Waals surface area (Å²) in [5.41, 5.74) is 2.14. The van der Waals surface area contributed by atoms with E-state index in [1.54, 1.807) is 6.20 Å². The topological polar surface area (TPSA) is 61.0 Å². The summed E-state index contributed by atoms with van der Waals surface area (Å²) in [6.45, 7) is 2.97. The summed E-state index contributed by atoms with van der Waals surface area (Å²) in [6.07, 6.45) is 4.65. The van der Waals surface area contributed by atoms with Crippen molar-refractivity contribution in [3.8, 4) is 0 Å². The van der Waals surface area contributed by atoms with Crippen LogP contribution in [0.15, 0.2) is 59.7 Å². The summed E-state index contributed by atoms with van der Waals surface area (Å²) in [7, 11) is 0. The fourth-order valence-corrected chi connectivity index (χ4v) is 3.33. The lowest BCUT2D eigenvalue weighted by molar-refractivity contribution is 0.324. The lowest BCUT2D eigenvalue weighted by Gasteiger charge is -2.17. The molecule has 122 valence electrons. The molecular weight excluding hydrogens is 300 g/mol. The number of H-pyrrole nitrogens is 1. The van der Waals surface area contributed by atoms with E-state index in [1.165, 1.54) is 0 Å². The summed E-state index contributed by atoms with van der Waals surface area (Å²) >= 11 is 0. The molecule has 1 saturated heterocycles. The van der Waals surface area contributed by atoms with Crippen LogP contribution in [0.25, 0.3) is 10.8 Å². The highest BCUT2D eigenvalue weighted by molar-refractivity contribution is 5.84. The van der Waals surface area contributed by atoms with Crippen LogP contribution in [0.5, 0.6) is 0 Å². The van der Waals surface area contributed by atoms with E-state index in [9.17, 15) is 4.79 Å². The predicted octanol–water partition coefficient (Wildman–Crippen LogP) is 2.61. The number of hydrogen-bond acceptors (Lipinski definition) is 4. The van der Waals surface area contributed by atoms with Gasteiger partial charge in [0.15, 0.2) is 0 Å². The first-order chi connectivity index (χ1) is 11.8. The number of pyridine rings is 2. The van der Waals surface area contributed by atoms with Crippen molar-refractivity contribution in [3.05, 3.63) is 70.9 Å². The van der Waals surface area contributed by atoms with Crippen LogP contribution in [0.2, 0.25) is 0 Å². The Morgan fingerprint density at radius 3 is 3.08 bits per heavy atom. The van der Waals surface area contributed by atoms with E-state index in [0.29, 0.717) is 6.04 Å². The number of nitrogens with one attached hydrogen (secondary N) is 2. The molecule has 0 bridgehead atoms. The van der Waals surface area contributed by atoms with Crippen molar-refractivity contribution >= 4 is 16.5 Å². The minimum Gasteiger partial charge on any atom is -0.381 e. The second-order valence-corrected chi connectivity index (χ2v) is 6.29. The molecule has 1 aromatic carbocycles. The maximum atomic E-state index is 11.8. The van der Waals surface area contributed by atoms with Gasteiger partial charge in [-0.2, -0.15) is 0 Å². The molecule has 4 rings (SSSR count). The highest BCUT2D eigenvalue weighted by Crippen LogP contribution is 2.20. The Morgan fingerprint density at radius 1 is 1.25 bits per heavy atom. The monoisotopic (exact) mass is 320 g/mol. The summed E-state index contributed by atoms with van der Waals surface area (Å²) < 4.78 is 0. The maximum Gasteiger partial charge on any atom is 0.255 e. The Balaban J connectivity index is 1.42. The number of likely N-dealkylation sites (tertiary alicyclic amines) is 1. The number of aromatic nitrogens is 2. The Morgan fingerprint density at radius 2 is 2.21 bits per heavy atom. The summed E-state index contributed by atoms with van der Waals surface area (Å²) in [5, 5.41) is 5.29. The molecule has 2 N–H and O–H groups in total. The lowest BCUT2D eigenvalue weighted by atomic mass is 10.1. The molecule has 24 heavy (non-hydrogen) atoms. The fourth-order valence-electron chi connectivity index (χ4n) is 3.33. The van der Waals surface area contributed by atoms with Crippen LogP contribution in [-0.4, -0.2) is 34.0 Å². The van der Waals surface area contributed by atoms with Gasteiger partial charge in [0, 0.05) is 49.1 Å². The van der Waals surface area contributed by atoms with Crippen LogP contribution in [0.4, 0.5) is 5.69 Å². The quantitative estimate of drug-likeness (QED) is 0.776. The second kappa shape index (κ2) is 6.45. The SMILES string of the molecule is O=c1[nH]ccc2cc(NC3CCN(Cc4ccccn4)C3)ccc12. The van der Waals surface area contributed by atoms with Gasteiger partial charge in [0.2, 0.25) is 0 Å². The third-order valence-corrected chi connectivity index (χ3v) is 4.53. The molecule has 0 amide bonds. The Labute approximate surface area is 140 Å². The zero-order valence-electron chi connectivity index (χ0n) is 13.4. The van der Waals surface area contributed by atoms with Gasteiger partial charge >= 0.3 is 0 Å².